The number of rotatable bonds is 4. The van der Waals surface area contributed by atoms with E-state index in [-0.39, 0.29) is 6.61 Å². The first kappa shape index (κ1) is 12.8. The summed E-state index contributed by atoms with van der Waals surface area (Å²) in [6, 6.07) is 1.95. The molecular formula is C13H19BrN2O. The zero-order valence-electron chi connectivity index (χ0n) is 10.2. The summed E-state index contributed by atoms with van der Waals surface area (Å²) in [5.74, 6) is 1.74. The molecule has 1 aliphatic rings. The Labute approximate surface area is 111 Å². The quantitative estimate of drug-likeness (QED) is 0.928. The summed E-state index contributed by atoms with van der Waals surface area (Å²) in [7, 11) is 0. The summed E-state index contributed by atoms with van der Waals surface area (Å²) >= 11 is 3.39. The van der Waals surface area contributed by atoms with Crippen LogP contribution in [0.5, 0.6) is 0 Å². The number of aromatic nitrogens is 1. The second-order valence-corrected chi connectivity index (χ2v) is 5.60. The van der Waals surface area contributed by atoms with E-state index in [0.29, 0.717) is 0 Å². The molecular weight excluding hydrogens is 280 g/mol. The maximum absolute atomic E-state index is 9.38. The fourth-order valence-electron chi connectivity index (χ4n) is 2.54. The van der Waals surface area contributed by atoms with Gasteiger partial charge in [0.15, 0.2) is 0 Å². The predicted octanol–water partition coefficient (Wildman–Crippen LogP) is 2.96. The third kappa shape index (κ3) is 2.99. The van der Waals surface area contributed by atoms with Crippen molar-refractivity contribution in [2.45, 2.75) is 32.8 Å². The van der Waals surface area contributed by atoms with Crippen LogP contribution >= 0.6 is 15.9 Å². The highest BCUT2D eigenvalue weighted by Gasteiger charge is 2.24. The second kappa shape index (κ2) is 5.83. The molecule has 2 rings (SSSR count). The lowest BCUT2D eigenvalue weighted by molar-refractivity contribution is 0.281. The SMILES string of the molecule is CCCC1CCN(c2ncc(Br)cc2CO)C1. The highest BCUT2D eigenvalue weighted by molar-refractivity contribution is 9.10. The minimum absolute atomic E-state index is 0.0523. The molecule has 0 bridgehead atoms. The van der Waals surface area contributed by atoms with Crippen LogP contribution in [0.2, 0.25) is 0 Å². The first-order chi connectivity index (χ1) is 8.24. The van der Waals surface area contributed by atoms with E-state index in [4.69, 9.17) is 0 Å². The molecule has 0 spiro atoms. The van der Waals surface area contributed by atoms with Crippen molar-refractivity contribution >= 4 is 21.7 Å². The first-order valence-corrected chi connectivity index (χ1v) is 7.04. The molecule has 0 amide bonds. The van der Waals surface area contributed by atoms with Gasteiger partial charge in [0, 0.05) is 29.3 Å². The van der Waals surface area contributed by atoms with Crippen LogP contribution in [-0.2, 0) is 6.61 Å². The molecule has 1 atom stereocenters. The molecule has 3 nitrogen and oxygen atoms in total. The highest BCUT2D eigenvalue weighted by atomic mass is 79.9. The van der Waals surface area contributed by atoms with Crippen molar-refractivity contribution in [3.05, 3.63) is 22.3 Å². The van der Waals surface area contributed by atoms with Gasteiger partial charge in [0.05, 0.1) is 6.61 Å². The minimum atomic E-state index is 0.0523. The van der Waals surface area contributed by atoms with Crippen molar-refractivity contribution < 1.29 is 5.11 Å². The molecule has 1 N–H and O–H groups in total. The van der Waals surface area contributed by atoms with Crippen molar-refractivity contribution in [1.29, 1.82) is 0 Å². The van der Waals surface area contributed by atoms with Crippen molar-refractivity contribution in [3.8, 4) is 0 Å². The monoisotopic (exact) mass is 298 g/mol. The minimum Gasteiger partial charge on any atom is -0.392 e. The van der Waals surface area contributed by atoms with Gasteiger partial charge < -0.3 is 10.0 Å². The van der Waals surface area contributed by atoms with Crippen LogP contribution in [0.25, 0.3) is 0 Å². The summed E-state index contributed by atoms with van der Waals surface area (Å²) < 4.78 is 0.926. The summed E-state index contributed by atoms with van der Waals surface area (Å²) in [5, 5.41) is 9.38. The van der Waals surface area contributed by atoms with Gasteiger partial charge in [-0.05, 0) is 40.8 Å². The molecule has 2 heterocycles. The van der Waals surface area contributed by atoms with Crippen LogP contribution < -0.4 is 4.90 Å². The third-order valence-corrected chi connectivity index (χ3v) is 3.80. The second-order valence-electron chi connectivity index (χ2n) is 4.68. The molecule has 1 unspecified atom stereocenters. The fraction of sp³-hybridized carbons (Fsp3) is 0.615. The Morgan fingerprint density at radius 1 is 1.59 bits per heavy atom. The third-order valence-electron chi connectivity index (χ3n) is 3.36. The van der Waals surface area contributed by atoms with E-state index in [1.807, 2.05) is 12.3 Å². The summed E-state index contributed by atoms with van der Waals surface area (Å²) in [5.41, 5.74) is 0.913. The Bertz CT molecular complexity index is 384. The molecule has 1 aliphatic heterocycles. The molecule has 17 heavy (non-hydrogen) atoms. The first-order valence-electron chi connectivity index (χ1n) is 6.24. The van der Waals surface area contributed by atoms with E-state index in [0.717, 1.165) is 34.9 Å². The van der Waals surface area contributed by atoms with E-state index in [1.54, 1.807) is 0 Å². The van der Waals surface area contributed by atoms with Crippen LogP contribution in [0.4, 0.5) is 5.82 Å². The number of anilines is 1. The van der Waals surface area contributed by atoms with E-state index in [1.165, 1.54) is 19.3 Å². The van der Waals surface area contributed by atoms with E-state index in [2.05, 4.69) is 32.7 Å². The van der Waals surface area contributed by atoms with Gasteiger partial charge in [0.2, 0.25) is 0 Å². The van der Waals surface area contributed by atoms with Gasteiger partial charge in [-0.2, -0.15) is 0 Å². The Hall–Kier alpha value is -0.610. The maximum atomic E-state index is 9.38. The molecule has 0 aliphatic carbocycles. The number of aliphatic hydroxyl groups is 1. The normalized spacial score (nSPS) is 19.9. The number of hydrogen-bond donors (Lipinski definition) is 1. The summed E-state index contributed by atoms with van der Waals surface area (Å²) in [4.78, 5) is 6.75. The van der Waals surface area contributed by atoms with Crippen LogP contribution in [0.1, 0.15) is 31.7 Å². The van der Waals surface area contributed by atoms with Crippen LogP contribution in [0.3, 0.4) is 0 Å². The Balaban J connectivity index is 2.12. The van der Waals surface area contributed by atoms with E-state index < -0.39 is 0 Å². The number of pyridine rings is 1. The van der Waals surface area contributed by atoms with Crippen molar-refractivity contribution in [3.63, 3.8) is 0 Å². The Morgan fingerprint density at radius 2 is 2.41 bits per heavy atom. The lowest BCUT2D eigenvalue weighted by Crippen LogP contribution is -2.22. The molecule has 1 fully saturated rings. The molecule has 4 heteroatoms. The maximum Gasteiger partial charge on any atom is 0.134 e. The predicted molar refractivity (Wildman–Crippen MR) is 73.1 cm³/mol. The highest BCUT2D eigenvalue weighted by Crippen LogP contribution is 2.28. The number of hydrogen-bond acceptors (Lipinski definition) is 3. The molecule has 0 aromatic carbocycles. The molecule has 1 aromatic rings. The van der Waals surface area contributed by atoms with Gasteiger partial charge in [-0.3, -0.25) is 0 Å². The van der Waals surface area contributed by atoms with Crippen molar-refractivity contribution in [2.75, 3.05) is 18.0 Å². The Kier molecular flexibility index (Phi) is 4.40. The molecule has 1 aromatic heterocycles. The average molecular weight is 299 g/mol. The van der Waals surface area contributed by atoms with E-state index in [9.17, 15) is 5.11 Å². The molecule has 0 radical (unpaired) electrons. The summed E-state index contributed by atoms with van der Waals surface area (Å²) in [6.45, 7) is 4.43. The van der Waals surface area contributed by atoms with Gasteiger partial charge in [0.1, 0.15) is 5.82 Å². The average Bonchev–Trinajstić information content (AvgIpc) is 2.78. The van der Waals surface area contributed by atoms with Gasteiger partial charge in [-0.25, -0.2) is 4.98 Å². The van der Waals surface area contributed by atoms with E-state index >= 15 is 0 Å². The zero-order valence-corrected chi connectivity index (χ0v) is 11.8. The standard InChI is InChI=1S/C13H19BrN2O/c1-2-3-10-4-5-16(8-10)13-11(9-17)6-12(14)7-15-13/h6-7,10,17H,2-5,8-9H2,1H3. The topological polar surface area (TPSA) is 36.4 Å². The van der Waals surface area contributed by atoms with Crippen LogP contribution in [0.15, 0.2) is 16.7 Å². The number of halogens is 1. The molecule has 94 valence electrons. The van der Waals surface area contributed by atoms with Crippen molar-refractivity contribution in [2.24, 2.45) is 5.92 Å². The van der Waals surface area contributed by atoms with Crippen LogP contribution in [-0.4, -0.2) is 23.2 Å². The largest absolute Gasteiger partial charge is 0.392 e. The van der Waals surface area contributed by atoms with Crippen molar-refractivity contribution in [1.82, 2.24) is 4.98 Å². The van der Waals surface area contributed by atoms with Gasteiger partial charge in [-0.1, -0.05) is 13.3 Å². The number of nitrogens with zero attached hydrogens (tertiary/aromatic N) is 2. The molecule has 0 saturated carbocycles. The lowest BCUT2D eigenvalue weighted by atomic mass is 10.0. The Morgan fingerprint density at radius 3 is 3.12 bits per heavy atom. The summed E-state index contributed by atoms with van der Waals surface area (Å²) in [6.07, 6.45) is 5.60. The molecule has 1 saturated heterocycles. The van der Waals surface area contributed by atoms with Gasteiger partial charge >= 0.3 is 0 Å². The lowest BCUT2D eigenvalue weighted by Gasteiger charge is -2.20. The smallest absolute Gasteiger partial charge is 0.134 e. The number of aliphatic hydroxyl groups excluding tert-OH is 1. The fourth-order valence-corrected chi connectivity index (χ4v) is 2.92. The zero-order chi connectivity index (χ0) is 12.3. The van der Waals surface area contributed by atoms with Gasteiger partial charge in [-0.15, -0.1) is 0 Å². The van der Waals surface area contributed by atoms with Gasteiger partial charge in [0.25, 0.3) is 0 Å². The van der Waals surface area contributed by atoms with Crippen LogP contribution in [0, 0.1) is 5.92 Å².